The van der Waals surface area contributed by atoms with E-state index in [1.807, 2.05) is 23.1 Å². The quantitative estimate of drug-likeness (QED) is 0.711. The van der Waals surface area contributed by atoms with Crippen molar-refractivity contribution in [2.75, 3.05) is 6.54 Å². The van der Waals surface area contributed by atoms with E-state index in [9.17, 15) is 4.79 Å². The van der Waals surface area contributed by atoms with Crippen molar-refractivity contribution in [3.63, 3.8) is 0 Å². The highest BCUT2D eigenvalue weighted by Crippen LogP contribution is 2.37. The van der Waals surface area contributed by atoms with E-state index < -0.39 is 0 Å². The van der Waals surface area contributed by atoms with Crippen LogP contribution in [0.15, 0.2) is 42.5 Å². The van der Waals surface area contributed by atoms with E-state index in [1.54, 1.807) is 0 Å². The van der Waals surface area contributed by atoms with Gasteiger partial charge in [-0.05, 0) is 18.9 Å². The highest BCUT2D eigenvalue weighted by atomic mass is 16.2. The lowest BCUT2D eigenvalue weighted by Crippen LogP contribution is -2.30. The Morgan fingerprint density at radius 3 is 2.76 bits per heavy atom. The number of carbonyl (C=O) groups is 1. The van der Waals surface area contributed by atoms with E-state index in [4.69, 9.17) is 0 Å². The van der Waals surface area contributed by atoms with E-state index in [0.717, 1.165) is 13.0 Å². The maximum atomic E-state index is 12.3. The Morgan fingerprint density at radius 2 is 2.06 bits per heavy atom. The lowest BCUT2D eigenvalue weighted by molar-refractivity contribution is -0.132. The number of fused-ring (bicyclic) bond motifs is 1. The molecule has 0 N–H and O–H groups in total. The third kappa shape index (κ3) is 1.68. The van der Waals surface area contributed by atoms with Crippen molar-refractivity contribution in [2.24, 2.45) is 11.8 Å². The largest absolute Gasteiger partial charge is 0.335 e. The predicted molar refractivity (Wildman–Crippen MR) is 67.3 cm³/mol. The second-order valence-corrected chi connectivity index (χ2v) is 5.01. The maximum absolute atomic E-state index is 12.3. The van der Waals surface area contributed by atoms with Crippen molar-refractivity contribution in [3.05, 3.63) is 48.0 Å². The minimum Gasteiger partial charge on any atom is -0.335 e. The fourth-order valence-electron chi connectivity index (χ4n) is 2.97. The van der Waals surface area contributed by atoms with Gasteiger partial charge in [-0.1, -0.05) is 42.5 Å². The standard InChI is InChI=1S/C15H17NO/c1-11(12-6-3-2-4-7-12)16-10-13-8-5-9-14(13)15(16)17/h2-8,11,13-14H,9-10H2,1H3. The number of allylic oxidation sites excluding steroid dienone is 1. The van der Waals surface area contributed by atoms with E-state index >= 15 is 0 Å². The second-order valence-electron chi connectivity index (χ2n) is 5.01. The monoisotopic (exact) mass is 227 g/mol. The van der Waals surface area contributed by atoms with Crippen molar-refractivity contribution < 1.29 is 4.79 Å². The molecular weight excluding hydrogens is 210 g/mol. The first kappa shape index (κ1) is 10.6. The Hall–Kier alpha value is -1.57. The van der Waals surface area contributed by atoms with Crippen LogP contribution < -0.4 is 0 Å². The van der Waals surface area contributed by atoms with Gasteiger partial charge in [-0.15, -0.1) is 0 Å². The molecule has 0 spiro atoms. The van der Waals surface area contributed by atoms with Crippen LogP contribution in [0.1, 0.15) is 24.9 Å². The van der Waals surface area contributed by atoms with Crippen LogP contribution in [0.4, 0.5) is 0 Å². The van der Waals surface area contributed by atoms with Crippen LogP contribution in [0.5, 0.6) is 0 Å². The molecule has 17 heavy (non-hydrogen) atoms. The summed E-state index contributed by atoms with van der Waals surface area (Å²) in [5, 5.41) is 0. The van der Waals surface area contributed by atoms with E-state index in [2.05, 4.69) is 31.2 Å². The first-order valence-corrected chi connectivity index (χ1v) is 6.29. The molecule has 0 saturated carbocycles. The Morgan fingerprint density at radius 1 is 1.29 bits per heavy atom. The SMILES string of the molecule is CC(c1ccccc1)N1CC2C=CCC2C1=O. The molecule has 1 aromatic rings. The topological polar surface area (TPSA) is 20.3 Å². The van der Waals surface area contributed by atoms with Crippen molar-refractivity contribution in [1.82, 2.24) is 4.90 Å². The second kappa shape index (κ2) is 4.02. The Labute approximate surface area is 102 Å². The molecule has 2 heteroatoms. The molecular formula is C15H17NO. The molecule has 1 saturated heterocycles. The Bertz CT molecular complexity index is 451. The highest BCUT2D eigenvalue weighted by Gasteiger charge is 2.42. The van der Waals surface area contributed by atoms with Gasteiger partial charge in [0.15, 0.2) is 0 Å². The summed E-state index contributed by atoms with van der Waals surface area (Å²) in [5.74, 6) is 1.01. The molecule has 1 amide bonds. The predicted octanol–water partition coefficient (Wildman–Crippen LogP) is 2.78. The number of likely N-dealkylation sites (tertiary alicyclic amines) is 1. The van der Waals surface area contributed by atoms with E-state index in [1.165, 1.54) is 5.56 Å². The number of carbonyl (C=O) groups excluding carboxylic acids is 1. The van der Waals surface area contributed by atoms with Gasteiger partial charge in [-0.2, -0.15) is 0 Å². The molecule has 2 nitrogen and oxygen atoms in total. The first-order valence-electron chi connectivity index (χ1n) is 6.29. The average Bonchev–Trinajstić information content (AvgIpc) is 2.93. The van der Waals surface area contributed by atoms with Gasteiger partial charge >= 0.3 is 0 Å². The molecule has 1 aliphatic heterocycles. The number of rotatable bonds is 2. The van der Waals surface area contributed by atoms with E-state index in [0.29, 0.717) is 11.8 Å². The van der Waals surface area contributed by atoms with Crippen LogP contribution in [-0.2, 0) is 4.79 Å². The molecule has 1 fully saturated rings. The summed E-state index contributed by atoms with van der Waals surface area (Å²) in [7, 11) is 0. The summed E-state index contributed by atoms with van der Waals surface area (Å²) in [4.78, 5) is 14.3. The molecule has 3 unspecified atom stereocenters. The van der Waals surface area contributed by atoms with Crippen LogP contribution in [0.3, 0.4) is 0 Å². The fraction of sp³-hybridized carbons (Fsp3) is 0.400. The summed E-state index contributed by atoms with van der Waals surface area (Å²) in [6.45, 7) is 3.01. The fourth-order valence-corrected chi connectivity index (χ4v) is 2.97. The molecule has 0 aromatic heterocycles. The van der Waals surface area contributed by atoms with Crippen LogP contribution in [0, 0.1) is 11.8 Å². The molecule has 2 aliphatic rings. The number of hydrogen-bond donors (Lipinski definition) is 0. The molecule has 88 valence electrons. The Kier molecular flexibility index (Phi) is 2.50. The van der Waals surface area contributed by atoms with Gasteiger partial charge in [0.05, 0.1) is 6.04 Å². The van der Waals surface area contributed by atoms with Crippen LogP contribution >= 0.6 is 0 Å². The number of nitrogens with zero attached hydrogens (tertiary/aromatic N) is 1. The van der Waals surface area contributed by atoms with Gasteiger partial charge in [-0.3, -0.25) is 4.79 Å². The zero-order chi connectivity index (χ0) is 11.8. The third-order valence-electron chi connectivity index (χ3n) is 4.05. The van der Waals surface area contributed by atoms with Crippen LogP contribution in [-0.4, -0.2) is 17.4 Å². The lowest BCUT2D eigenvalue weighted by Gasteiger charge is -2.25. The molecule has 3 rings (SSSR count). The molecule has 1 aromatic carbocycles. The van der Waals surface area contributed by atoms with Crippen molar-refractivity contribution in [2.45, 2.75) is 19.4 Å². The van der Waals surface area contributed by atoms with Gasteiger partial charge in [0.1, 0.15) is 0 Å². The molecule has 1 heterocycles. The molecule has 1 aliphatic carbocycles. The number of hydrogen-bond acceptors (Lipinski definition) is 1. The van der Waals surface area contributed by atoms with Gasteiger partial charge in [0, 0.05) is 18.4 Å². The number of benzene rings is 1. The summed E-state index contributed by atoms with van der Waals surface area (Å²) in [6.07, 6.45) is 5.29. The van der Waals surface area contributed by atoms with Gasteiger partial charge in [-0.25, -0.2) is 0 Å². The number of amides is 1. The normalized spacial score (nSPS) is 28.5. The first-order chi connectivity index (χ1) is 8.27. The van der Waals surface area contributed by atoms with Gasteiger partial charge in [0.25, 0.3) is 0 Å². The molecule has 0 radical (unpaired) electrons. The third-order valence-corrected chi connectivity index (χ3v) is 4.05. The average molecular weight is 227 g/mol. The lowest BCUT2D eigenvalue weighted by atomic mass is 10.00. The van der Waals surface area contributed by atoms with Crippen molar-refractivity contribution in [3.8, 4) is 0 Å². The maximum Gasteiger partial charge on any atom is 0.227 e. The van der Waals surface area contributed by atoms with Gasteiger partial charge in [0.2, 0.25) is 5.91 Å². The summed E-state index contributed by atoms with van der Waals surface area (Å²) < 4.78 is 0. The van der Waals surface area contributed by atoms with E-state index in [-0.39, 0.29) is 12.0 Å². The zero-order valence-electron chi connectivity index (χ0n) is 10.0. The zero-order valence-corrected chi connectivity index (χ0v) is 10.0. The minimum absolute atomic E-state index is 0.197. The smallest absolute Gasteiger partial charge is 0.227 e. The highest BCUT2D eigenvalue weighted by molar-refractivity contribution is 5.83. The van der Waals surface area contributed by atoms with Crippen molar-refractivity contribution >= 4 is 5.91 Å². The van der Waals surface area contributed by atoms with Crippen LogP contribution in [0.25, 0.3) is 0 Å². The summed E-state index contributed by atoms with van der Waals surface area (Å²) in [5.41, 5.74) is 1.23. The molecule has 3 atom stereocenters. The van der Waals surface area contributed by atoms with Crippen LogP contribution in [0.2, 0.25) is 0 Å². The van der Waals surface area contributed by atoms with Gasteiger partial charge < -0.3 is 4.90 Å². The summed E-state index contributed by atoms with van der Waals surface area (Å²) in [6, 6.07) is 10.5. The molecule has 0 bridgehead atoms. The minimum atomic E-state index is 0.197. The van der Waals surface area contributed by atoms with Crippen molar-refractivity contribution in [1.29, 1.82) is 0 Å². The Balaban J connectivity index is 1.82. The summed E-state index contributed by atoms with van der Waals surface area (Å²) >= 11 is 0.